The summed E-state index contributed by atoms with van der Waals surface area (Å²) in [5.41, 5.74) is 1.65. The molecule has 1 aliphatic heterocycles. The smallest absolute Gasteiger partial charge is 0.261 e. The topological polar surface area (TPSA) is 83.6 Å². The number of aryl methyl sites for hydroxylation is 1. The Labute approximate surface area is 142 Å². The zero-order valence-electron chi connectivity index (χ0n) is 13.1. The van der Waals surface area contributed by atoms with Gasteiger partial charge in [0.1, 0.15) is 0 Å². The maximum atomic E-state index is 12.4. The molecule has 0 saturated carbocycles. The minimum atomic E-state index is -3.67. The van der Waals surface area contributed by atoms with Gasteiger partial charge in [0.25, 0.3) is 10.0 Å². The highest BCUT2D eigenvalue weighted by atomic mass is 32.2. The van der Waals surface area contributed by atoms with Crippen LogP contribution in [0.15, 0.2) is 53.4 Å². The molecule has 0 bridgehead atoms. The number of nitrogens with one attached hydrogen (secondary N) is 1. The van der Waals surface area contributed by atoms with Crippen molar-refractivity contribution in [2.75, 3.05) is 21.3 Å². The summed E-state index contributed by atoms with van der Waals surface area (Å²) in [4.78, 5) is 0.176. The van der Waals surface area contributed by atoms with Crippen LogP contribution in [0.25, 0.3) is 0 Å². The second-order valence-corrected chi connectivity index (χ2v) is 9.35. The number of rotatable bonds is 4. The Morgan fingerprint density at radius 2 is 1.79 bits per heavy atom. The molecule has 1 fully saturated rings. The first-order valence-corrected chi connectivity index (χ1v) is 10.6. The van der Waals surface area contributed by atoms with Crippen LogP contribution in [-0.2, 0) is 20.0 Å². The van der Waals surface area contributed by atoms with Gasteiger partial charge in [0.15, 0.2) is 0 Å². The second kappa shape index (κ2) is 6.10. The van der Waals surface area contributed by atoms with Crippen molar-refractivity contribution >= 4 is 31.4 Å². The van der Waals surface area contributed by atoms with Crippen LogP contribution in [0.3, 0.4) is 0 Å². The van der Waals surface area contributed by atoms with Gasteiger partial charge < -0.3 is 0 Å². The number of benzene rings is 2. The van der Waals surface area contributed by atoms with Crippen LogP contribution < -0.4 is 9.03 Å². The van der Waals surface area contributed by atoms with E-state index in [1.807, 2.05) is 0 Å². The van der Waals surface area contributed by atoms with E-state index in [-0.39, 0.29) is 10.6 Å². The van der Waals surface area contributed by atoms with Gasteiger partial charge in [0, 0.05) is 6.54 Å². The molecule has 6 nitrogen and oxygen atoms in total. The van der Waals surface area contributed by atoms with Crippen molar-refractivity contribution in [3.05, 3.63) is 54.1 Å². The molecule has 3 rings (SSSR count). The Morgan fingerprint density at radius 1 is 1.08 bits per heavy atom. The molecular weight excluding hydrogens is 348 g/mol. The van der Waals surface area contributed by atoms with E-state index in [4.69, 9.17) is 0 Å². The van der Waals surface area contributed by atoms with Crippen LogP contribution in [0, 0.1) is 6.92 Å². The molecule has 0 radical (unpaired) electrons. The predicted molar refractivity (Wildman–Crippen MR) is 94.2 cm³/mol. The Morgan fingerprint density at radius 3 is 2.38 bits per heavy atom. The normalized spacial score (nSPS) is 17.0. The maximum absolute atomic E-state index is 12.4. The lowest BCUT2D eigenvalue weighted by Gasteiger charge is -2.19. The largest absolute Gasteiger partial charge is 0.279 e. The monoisotopic (exact) mass is 366 g/mol. The molecule has 2 aromatic rings. The molecule has 1 heterocycles. The molecule has 1 saturated heterocycles. The molecule has 0 aromatic heterocycles. The highest BCUT2D eigenvalue weighted by Gasteiger charge is 2.28. The molecule has 8 heteroatoms. The average Bonchev–Trinajstić information content (AvgIpc) is 2.89. The van der Waals surface area contributed by atoms with Crippen LogP contribution in [0.1, 0.15) is 12.0 Å². The van der Waals surface area contributed by atoms with Gasteiger partial charge in [-0.3, -0.25) is 9.03 Å². The minimum Gasteiger partial charge on any atom is -0.279 e. The van der Waals surface area contributed by atoms with E-state index in [0.29, 0.717) is 29.9 Å². The van der Waals surface area contributed by atoms with Crippen molar-refractivity contribution in [2.45, 2.75) is 18.2 Å². The Kier molecular flexibility index (Phi) is 4.27. The van der Waals surface area contributed by atoms with Crippen LogP contribution >= 0.6 is 0 Å². The molecule has 1 N–H and O–H groups in total. The maximum Gasteiger partial charge on any atom is 0.261 e. The third kappa shape index (κ3) is 3.25. The number of nitrogens with zero attached hydrogens (tertiary/aromatic N) is 1. The van der Waals surface area contributed by atoms with Crippen LogP contribution in [-0.4, -0.2) is 29.1 Å². The number of anilines is 2. The lowest BCUT2D eigenvalue weighted by Crippen LogP contribution is -2.25. The van der Waals surface area contributed by atoms with E-state index in [0.717, 1.165) is 0 Å². The third-order valence-corrected chi connectivity index (χ3v) is 7.15. The Hall–Kier alpha value is -2.06. The van der Waals surface area contributed by atoms with Crippen molar-refractivity contribution in [1.82, 2.24) is 0 Å². The molecule has 2 aromatic carbocycles. The van der Waals surface area contributed by atoms with Crippen molar-refractivity contribution in [3.8, 4) is 0 Å². The fourth-order valence-electron chi connectivity index (χ4n) is 2.65. The van der Waals surface area contributed by atoms with E-state index in [2.05, 4.69) is 4.72 Å². The van der Waals surface area contributed by atoms with Crippen LogP contribution in [0.4, 0.5) is 11.4 Å². The van der Waals surface area contributed by atoms with Crippen LogP contribution in [0.2, 0.25) is 0 Å². The minimum absolute atomic E-state index is 0.147. The van der Waals surface area contributed by atoms with E-state index in [9.17, 15) is 16.8 Å². The summed E-state index contributed by atoms with van der Waals surface area (Å²) in [6, 6.07) is 13.0. The Balaban J connectivity index is 1.89. The first kappa shape index (κ1) is 16.8. The zero-order chi connectivity index (χ0) is 17.4. The summed E-state index contributed by atoms with van der Waals surface area (Å²) in [7, 11) is -6.93. The van der Waals surface area contributed by atoms with Crippen molar-refractivity contribution in [2.24, 2.45) is 0 Å². The first-order chi connectivity index (χ1) is 11.3. The summed E-state index contributed by atoms with van der Waals surface area (Å²) >= 11 is 0. The molecule has 0 atom stereocenters. The second-order valence-electron chi connectivity index (χ2n) is 5.66. The highest BCUT2D eigenvalue weighted by molar-refractivity contribution is 7.93. The lowest BCUT2D eigenvalue weighted by molar-refractivity contribution is 0.598. The molecular formula is C16H18N2O4S2. The molecule has 0 amide bonds. The van der Waals surface area contributed by atoms with Gasteiger partial charge in [-0.1, -0.05) is 18.2 Å². The van der Waals surface area contributed by atoms with Gasteiger partial charge in [0.2, 0.25) is 10.0 Å². The van der Waals surface area contributed by atoms with Crippen molar-refractivity contribution < 1.29 is 16.8 Å². The van der Waals surface area contributed by atoms with E-state index >= 15 is 0 Å². The van der Waals surface area contributed by atoms with Gasteiger partial charge in [-0.2, -0.15) is 0 Å². The molecule has 0 aliphatic carbocycles. The van der Waals surface area contributed by atoms with Crippen LogP contribution in [0.5, 0.6) is 0 Å². The highest BCUT2D eigenvalue weighted by Crippen LogP contribution is 2.29. The number of hydrogen-bond acceptors (Lipinski definition) is 4. The van der Waals surface area contributed by atoms with E-state index in [1.54, 1.807) is 43.3 Å². The molecule has 24 heavy (non-hydrogen) atoms. The van der Waals surface area contributed by atoms with E-state index < -0.39 is 20.0 Å². The third-order valence-electron chi connectivity index (χ3n) is 3.90. The number of sulfonamides is 2. The van der Waals surface area contributed by atoms with Gasteiger partial charge >= 0.3 is 0 Å². The Bertz CT molecular complexity index is 955. The molecule has 0 unspecified atom stereocenters. The first-order valence-electron chi connectivity index (χ1n) is 7.48. The molecule has 128 valence electrons. The summed E-state index contributed by atoms with van der Waals surface area (Å²) in [6.07, 6.45) is 0.601. The van der Waals surface area contributed by atoms with Gasteiger partial charge in [0.05, 0.1) is 22.0 Å². The zero-order valence-corrected chi connectivity index (χ0v) is 14.8. The van der Waals surface area contributed by atoms with Gasteiger partial charge in [-0.05, 0) is 49.2 Å². The summed E-state index contributed by atoms with van der Waals surface area (Å²) in [5.74, 6) is 0.147. The summed E-state index contributed by atoms with van der Waals surface area (Å²) < 4.78 is 52.7. The quantitative estimate of drug-likeness (QED) is 0.900. The molecule has 0 spiro atoms. The SMILES string of the molecule is Cc1cc(N2CCCS2(=O)=O)ccc1NS(=O)(=O)c1ccccc1. The van der Waals surface area contributed by atoms with E-state index in [1.165, 1.54) is 16.4 Å². The molecule has 1 aliphatic rings. The lowest BCUT2D eigenvalue weighted by atomic mass is 10.2. The average molecular weight is 366 g/mol. The van der Waals surface area contributed by atoms with Gasteiger partial charge in [-0.15, -0.1) is 0 Å². The standard InChI is InChI=1S/C16H18N2O4S2/c1-13-12-14(18-10-5-11-23(18,19)20)8-9-16(13)17-24(21,22)15-6-3-2-4-7-15/h2-4,6-9,12,17H,5,10-11H2,1H3. The number of hydrogen-bond donors (Lipinski definition) is 1. The fourth-order valence-corrected chi connectivity index (χ4v) is 5.36. The summed E-state index contributed by atoms with van der Waals surface area (Å²) in [5, 5.41) is 0. The predicted octanol–water partition coefficient (Wildman–Crippen LogP) is 2.34. The van der Waals surface area contributed by atoms with Crippen molar-refractivity contribution in [3.63, 3.8) is 0 Å². The van der Waals surface area contributed by atoms with Gasteiger partial charge in [-0.25, -0.2) is 16.8 Å². The van der Waals surface area contributed by atoms with Crippen molar-refractivity contribution in [1.29, 1.82) is 0 Å². The fraction of sp³-hybridized carbons (Fsp3) is 0.250. The summed E-state index contributed by atoms with van der Waals surface area (Å²) in [6.45, 7) is 2.20.